The molecule has 2 N–H and O–H groups in total. The largest absolute Gasteiger partial charge is 0.508 e. The third kappa shape index (κ3) is 3.70. The molecule has 3 aromatic rings. The highest BCUT2D eigenvalue weighted by Crippen LogP contribution is 2.64. The van der Waals surface area contributed by atoms with E-state index in [-0.39, 0.29) is 29.0 Å². The van der Waals surface area contributed by atoms with E-state index in [1.165, 1.54) is 48.3 Å². The molecule has 2 aliphatic carbocycles. The number of amides is 1. The third-order valence-corrected chi connectivity index (χ3v) is 10.5. The first-order valence-electron chi connectivity index (χ1n) is 11.2. The fourth-order valence-corrected chi connectivity index (χ4v) is 9.30. The molecule has 1 aliphatic heterocycles. The van der Waals surface area contributed by atoms with Crippen LogP contribution in [-0.4, -0.2) is 20.8 Å². The number of carbonyl (C=O) groups is 1. The fourth-order valence-electron chi connectivity index (χ4n) is 6.02. The monoisotopic (exact) mass is 498 g/mol. The Bertz CT molecular complexity index is 1270. The molecule has 33 heavy (non-hydrogen) atoms. The van der Waals surface area contributed by atoms with Gasteiger partial charge < -0.3 is 10.4 Å². The maximum absolute atomic E-state index is 13.1. The summed E-state index contributed by atoms with van der Waals surface area (Å²) in [5.74, 6) is 1.98. The minimum absolute atomic E-state index is 0.0165. The highest BCUT2D eigenvalue weighted by atomic mass is 35.5. The van der Waals surface area contributed by atoms with Crippen molar-refractivity contribution in [2.24, 2.45) is 17.8 Å². The Morgan fingerprint density at radius 1 is 1.09 bits per heavy atom. The maximum atomic E-state index is 13.1. The number of benzene rings is 2. The van der Waals surface area contributed by atoms with Gasteiger partial charge >= 0.3 is 4.87 Å². The van der Waals surface area contributed by atoms with Gasteiger partial charge in [0.05, 0.1) is 5.03 Å². The van der Waals surface area contributed by atoms with Crippen LogP contribution in [0.15, 0.2) is 58.4 Å². The van der Waals surface area contributed by atoms with E-state index in [0.717, 1.165) is 9.90 Å². The lowest BCUT2D eigenvalue weighted by Gasteiger charge is -2.40. The first-order valence-corrected chi connectivity index (χ1v) is 13.3. The van der Waals surface area contributed by atoms with Gasteiger partial charge in [-0.1, -0.05) is 35.1 Å². The van der Waals surface area contributed by atoms with Crippen molar-refractivity contribution in [2.75, 3.05) is 5.32 Å². The van der Waals surface area contributed by atoms with Crippen LogP contribution in [0.3, 0.4) is 0 Å². The molecule has 1 aromatic heterocycles. The molecule has 3 aliphatic rings. The zero-order chi connectivity index (χ0) is 22.7. The van der Waals surface area contributed by atoms with Gasteiger partial charge in [0.25, 0.3) is 0 Å². The average molecular weight is 499 g/mol. The third-order valence-electron chi connectivity index (χ3n) is 7.37. The van der Waals surface area contributed by atoms with Gasteiger partial charge in [0.2, 0.25) is 5.91 Å². The van der Waals surface area contributed by atoms with Gasteiger partial charge in [0.15, 0.2) is 0 Å². The van der Waals surface area contributed by atoms with Crippen molar-refractivity contribution in [1.29, 1.82) is 0 Å². The van der Waals surface area contributed by atoms with Crippen molar-refractivity contribution in [1.82, 2.24) is 4.57 Å². The first-order chi connectivity index (χ1) is 16.0. The summed E-state index contributed by atoms with van der Waals surface area (Å²) in [7, 11) is 0. The summed E-state index contributed by atoms with van der Waals surface area (Å²) in [5.41, 5.74) is 1.81. The number of anilines is 1. The molecule has 0 radical (unpaired) electrons. The quantitative estimate of drug-likeness (QED) is 0.462. The number of aromatic hydroxyl groups is 1. The average Bonchev–Trinajstić information content (AvgIpc) is 3.49. The second-order valence-electron chi connectivity index (χ2n) is 9.24. The summed E-state index contributed by atoms with van der Waals surface area (Å²) in [6.07, 6.45) is 3.81. The van der Waals surface area contributed by atoms with Crippen LogP contribution in [0.2, 0.25) is 5.02 Å². The van der Waals surface area contributed by atoms with Crippen LogP contribution in [0.1, 0.15) is 35.6 Å². The SMILES string of the molecule is O=C(Cn1c2c(sc1=O)[C@@H](c1ccc(Cl)cc1)[C@@H]1[C@H]3CC[C@@H](C3)[C@H]1S2)Nc1ccc(O)cc1. The van der Waals surface area contributed by atoms with E-state index in [4.69, 9.17) is 11.6 Å². The molecule has 8 heteroatoms. The molecule has 2 fully saturated rings. The number of aromatic nitrogens is 1. The molecular formula is C25H23ClN2O3S2. The van der Waals surface area contributed by atoms with Crippen LogP contribution in [0, 0.1) is 17.8 Å². The summed E-state index contributed by atoms with van der Waals surface area (Å²) < 4.78 is 1.66. The second-order valence-corrected chi connectivity index (χ2v) is 11.8. The Morgan fingerprint density at radius 3 is 2.58 bits per heavy atom. The van der Waals surface area contributed by atoms with E-state index in [9.17, 15) is 14.7 Å². The maximum Gasteiger partial charge on any atom is 0.308 e. The van der Waals surface area contributed by atoms with Crippen LogP contribution in [0.4, 0.5) is 5.69 Å². The number of carbonyl (C=O) groups excluding carboxylic acids is 1. The molecule has 0 spiro atoms. The van der Waals surface area contributed by atoms with Crippen molar-refractivity contribution in [2.45, 2.75) is 42.0 Å². The Labute approximate surface area is 204 Å². The summed E-state index contributed by atoms with van der Waals surface area (Å²) >= 11 is 9.29. The molecule has 2 aromatic carbocycles. The number of nitrogens with zero attached hydrogens (tertiary/aromatic N) is 1. The van der Waals surface area contributed by atoms with Crippen LogP contribution in [0.5, 0.6) is 5.75 Å². The molecular weight excluding hydrogens is 476 g/mol. The van der Waals surface area contributed by atoms with E-state index in [1.54, 1.807) is 16.7 Å². The lowest BCUT2D eigenvalue weighted by Crippen LogP contribution is -2.34. The van der Waals surface area contributed by atoms with E-state index in [0.29, 0.717) is 33.7 Å². The summed E-state index contributed by atoms with van der Waals surface area (Å²) in [4.78, 5) is 26.9. The standard InChI is InChI=1S/C25H23ClN2O3S2/c26-16-5-3-13(4-6-16)20-21-14-1-2-15(11-14)22(21)32-24-23(20)33-25(31)28(24)12-19(30)27-17-7-9-18(29)10-8-17/h3-10,14-15,20-22,29H,1-2,11-12H2,(H,27,30)/t14-,15-,20-,21-,22+/m0/s1. The number of nitrogens with one attached hydrogen (secondary N) is 1. The van der Waals surface area contributed by atoms with Gasteiger partial charge in [0.1, 0.15) is 12.3 Å². The minimum atomic E-state index is -0.248. The van der Waals surface area contributed by atoms with E-state index in [1.807, 2.05) is 23.9 Å². The molecule has 170 valence electrons. The van der Waals surface area contributed by atoms with E-state index < -0.39 is 0 Å². The number of hydrogen-bond acceptors (Lipinski definition) is 5. The van der Waals surface area contributed by atoms with Gasteiger partial charge in [-0.3, -0.25) is 14.2 Å². The molecule has 0 saturated heterocycles. The van der Waals surface area contributed by atoms with Gasteiger partial charge in [-0.2, -0.15) is 0 Å². The molecule has 5 atom stereocenters. The number of thioether (sulfide) groups is 1. The number of halogens is 1. The Kier molecular flexibility index (Phi) is 5.31. The van der Waals surface area contributed by atoms with E-state index in [2.05, 4.69) is 17.4 Å². The van der Waals surface area contributed by atoms with Crippen molar-refractivity contribution in [3.05, 3.63) is 73.7 Å². The van der Waals surface area contributed by atoms with Crippen LogP contribution >= 0.6 is 34.7 Å². The van der Waals surface area contributed by atoms with Crippen LogP contribution in [0.25, 0.3) is 0 Å². The number of rotatable bonds is 4. The molecule has 0 unspecified atom stereocenters. The number of thiazole rings is 1. The molecule has 2 saturated carbocycles. The predicted octanol–water partition coefficient (Wildman–Crippen LogP) is 5.56. The highest BCUT2D eigenvalue weighted by Gasteiger charge is 2.55. The number of hydrogen-bond donors (Lipinski definition) is 2. The van der Waals surface area contributed by atoms with E-state index >= 15 is 0 Å². The Balaban J connectivity index is 1.36. The van der Waals surface area contributed by atoms with Crippen molar-refractivity contribution in [3.63, 3.8) is 0 Å². The van der Waals surface area contributed by atoms with Crippen molar-refractivity contribution >= 4 is 46.3 Å². The molecule has 5 nitrogen and oxygen atoms in total. The smallest absolute Gasteiger partial charge is 0.308 e. The number of phenols is 1. The summed E-state index contributed by atoms with van der Waals surface area (Å²) in [6.45, 7) is -0.0165. The summed E-state index contributed by atoms with van der Waals surface area (Å²) in [5, 5.41) is 14.4. The second kappa shape index (κ2) is 8.22. The van der Waals surface area contributed by atoms with Gasteiger partial charge in [0, 0.05) is 26.8 Å². The van der Waals surface area contributed by atoms with Crippen molar-refractivity contribution < 1.29 is 9.90 Å². The molecule has 1 amide bonds. The first kappa shape index (κ1) is 21.3. The number of phenolic OH excluding ortho intramolecular Hbond substituents is 1. The number of fused-ring (bicyclic) bond motifs is 6. The Hall–Kier alpha value is -2.22. The predicted molar refractivity (Wildman–Crippen MR) is 133 cm³/mol. The molecule has 2 heterocycles. The zero-order valence-corrected chi connectivity index (χ0v) is 20.1. The van der Waals surface area contributed by atoms with Crippen LogP contribution in [-0.2, 0) is 11.3 Å². The molecule has 6 rings (SSSR count). The molecule has 2 bridgehead atoms. The van der Waals surface area contributed by atoms with Crippen molar-refractivity contribution in [3.8, 4) is 5.75 Å². The van der Waals surface area contributed by atoms with Gasteiger partial charge in [-0.15, -0.1) is 11.8 Å². The minimum Gasteiger partial charge on any atom is -0.508 e. The fraction of sp³-hybridized carbons (Fsp3) is 0.360. The topological polar surface area (TPSA) is 71.3 Å². The lowest BCUT2D eigenvalue weighted by atomic mass is 9.75. The normalized spacial score (nSPS) is 27.2. The zero-order valence-electron chi connectivity index (χ0n) is 17.7. The highest BCUT2D eigenvalue weighted by molar-refractivity contribution is 8.00. The Morgan fingerprint density at radius 2 is 1.82 bits per heavy atom. The van der Waals surface area contributed by atoms with Gasteiger partial charge in [-0.25, -0.2) is 0 Å². The summed E-state index contributed by atoms with van der Waals surface area (Å²) in [6, 6.07) is 14.4. The van der Waals surface area contributed by atoms with Gasteiger partial charge in [-0.05, 0) is 79.0 Å². The lowest BCUT2D eigenvalue weighted by molar-refractivity contribution is -0.116. The van der Waals surface area contributed by atoms with Crippen LogP contribution < -0.4 is 10.2 Å².